The van der Waals surface area contributed by atoms with Gasteiger partial charge in [0, 0.05) is 12.2 Å². The Balaban J connectivity index is 1.90. The topological polar surface area (TPSA) is 67.4 Å². The summed E-state index contributed by atoms with van der Waals surface area (Å²) in [6, 6.07) is 15.2. The molecule has 26 heavy (non-hydrogen) atoms. The number of methoxy groups -OCH3 is 1. The summed E-state index contributed by atoms with van der Waals surface area (Å²) in [5.74, 6) is 0.152. The number of anilines is 1. The van der Waals surface area contributed by atoms with Crippen molar-refractivity contribution in [3.8, 4) is 5.75 Å². The molecule has 0 saturated heterocycles. The summed E-state index contributed by atoms with van der Waals surface area (Å²) in [4.78, 5) is 25.0. The summed E-state index contributed by atoms with van der Waals surface area (Å²) in [5.41, 5.74) is 1.63. The minimum Gasteiger partial charge on any atom is -0.497 e. The highest BCUT2D eigenvalue weighted by molar-refractivity contribution is 6.09. The fourth-order valence-electron chi connectivity index (χ4n) is 2.48. The highest BCUT2D eigenvalue weighted by atomic mass is 16.5. The smallest absolute Gasteiger partial charge is 0.239 e. The Labute approximate surface area is 154 Å². The lowest BCUT2D eigenvalue weighted by Gasteiger charge is -2.23. The summed E-state index contributed by atoms with van der Waals surface area (Å²) in [7, 11) is 1.62. The van der Waals surface area contributed by atoms with E-state index in [0.717, 1.165) is 16.9 Å². The third kappa shape index (κ3) is 5.09. The molecule has 2 amide bonds. The average molecular weight is 354 g/mol. The Morgan fingerprint density at radius 2 is 1.77 bits per heavy atom. The molecule has 0 aliphatic rings. The number of aryl methyl sites for hydroxylation is 1. The van der Waals surface area contributed by atoms with E-state index < -0.39 is 5.41 Å². The molecule has 0 aliphatic heterocycles. The lowest BCUT2D eigenvalue weighted by atomic mass is 9.90. The standard InChI is InChI=1S/C21H26N2O3/c1-15-7-5-9-17(13-15)23-20(25)21(2,3)19(24)22-12-11-16-8-6-10-18(14-16)26-4/h5-10,13-14H,11-12H2,1-4H3,(H,22,24)(H,23,25). The van der Waals surface area contributed by atoms with Crippen LogP contribution in [0, 0.1) is 12.3 Å². The van der Waals surface area contributed by atoms with Gasteiger partial charge in [0.1, 0.15) is 11.2 Å². The third-order valence-corrected chi connectivity index (χ3v) is 4.24. The van der Waals surface area contributed by atoms with Crippen molar-refractivity contribution in [1.29, 1.82) is 0 Å². The van der Waals surface area contributed by atoms with Gasteiger partial charge >= 0.3 is 0 Å². The largest absolute Gasteiger partial charge is 0.497 e. The number of amides is 2. The van der Waals surface area contributed by atoms with E-state index in [1.54, 1.807) is 21.0 Å². The molecule has 2 aromatic carbocycles. The number of hydrogen-bond acceptors (Lipinski definition) is 3. The van der Waals surface area contributed by atoms with Crippen LogP contribution in [0.15, 0.2) is 48.5 Å². The molecule has 0 aliphatic carbocycles. The highest BCUT2D eigenvalue weighted by Gasteiger charge is 2.35. The van der Waals surface area contributed by atoms with Crippen molar-refractivity contribution in [3.63, 3.8) is 0 Å². The Bertz CT molecular complexity index is 784. The van der Waals surface area contributed by atoms with Crippen LogP contribution in [0.1, 0.15) is 25.0 Å². The zero-order chi connectivity index (χ0) is 19.2. The van der Waals surface area contributed by atoms with Gasteiger partial charge in [0.15, 0.2) is 0 Å². The minimum atomic E-state index is -1.17. The normalized spacial score (nSPS) is 10.9. The summed E-state index contributed by atoms with van der Waals surface area (Å²) in [6.07, 6.45) is 0.665. The minimum absolute atomic E-state index is 0.300. The van der Waals surface area contributed by atoms with E-state index in [9.17, 15) is 9.59 Å². The van der Waals surface area contributed by atoms with E-state index in [-0.39, 0.29) is 11.8 Å². The number of hydrogen-bond donors (Lipinski definition) is 2. The molecule has 0 heterocycles. The third-order valence-electron chi connectivity index (χ3n) is 4.24. The van der Waals surface area contributed by atoms with Gasteiger partial charge in [0.25, 0.3) is 0 Å². The summed E-state index contributed by atoms with van der Waals surface area (Å²) in [5, 5.41) is 5.66. The molecule has 0 bridgehead atoms. The van der Waals surface area contributed by atoms with Crippen molar-refractivity contribution >= 4 is 17.5 Å². The first-order valence-electron chi connectivity index (χ1n) is 8.62. The average Bonchev–Trinajstić information content (AvgIpc) is 2.61. The number of ether oxygens (including phenoxy) is 1. The molecule has 5 heteroatoms. The Morgan fingerprint density at radius 3 is 2.46 bits per heavy atom. The molecule has 2 N–H and O–H groups in total. The van der Waals surface area contributed by atoms with Gasteiger partial charge in [-0.05, 0) is 62.6 Å². The maximum Gasteiger partial charge on any atom is 0.239 e. The number of benzene rings is 2. The maximum atomic E-state index is 12.5. The number of carbonyl (C=O) groups is 2. The Kier molecular flexibility index (Phi) is 6.39. The van der Waals surface area contributed by atoms with Crippen LogP contribution >= 0.6 is 0 Å². The van der Waals surface area contributed by atoms with Crippen LogP contribution in [0.4, 0.5) is 5.69 Å². The molecule has 0 fully saturated rings. The predicted octanol–water partition coefficient (Wildman–Crippen LogP) is 3.33. The van der Waals surface area contributed by atoms with Gasteiger partial charge < -0.3 is 15.4 Å². The second-order valence-corrected chi connectivity index (χ2v) is 6.81. The molecule has 2 rings (SSSR count). The van der Waals surface area contributed by atoms with E-state index in [1.165, 1.54) is 0 Å². The molecule has 0 saturated carbocycles. The Hall–Kier alpha value is -2.82. The predicted molar refractivity (Wildman–Crippen MR) is 103 cm³/mol. The van der Waals surface area contributed by atoms with E-state index >= 15 is 0 Å². The van der Waals surface area contributed by atoms with E-state index in [4.69, 9.17) is 4.74 Å². The van der Waals surface area contributed by atoms with Crippen LogP contribution < -0.4 is 15.4 Å². The molecule has 138 valence electrons. The molecule has 2 aromatic rings. The van der Waals surface area contributed by atoms with Gasteiger partial charge in [0.2, 0.25) is 11.8 Å². The molecule has 0 radical (unpaired) electrons. The first kappa shape index (κ1) is 19.5. The summed E-state index contributed by atoms with van der Waals surface area (Å²) < 4.78 is 5.19. The number of carbonyl (C=O) groups excluding carboxylic acids is 2. The Morgan fingerprint density at radius 1 is 1.04 bits per heavy atom. The molecular formula is C21H26N2O3. The zero-order valence-corrected chi connectivity index (χ0v) is 15.8. The first-order valence-corrected chi connectivity index (χ1v) is 8.62. The molecule has 0 atom stereocenters. The van der Waals surface area contributed by atoms with Crippen LogP contribution in [0.5, 0.6) is 5.75 Å². The van der Waals surface area contributed by atoms with Crippen LogP contribution in [-0.4, -0.2) is 25.5 Å². The van der Waals surface area contributed by atoms with E-state index in [2.05, 4.69) is 10.6 Å². The second kappa shape index (κ2) is 8.52. The van der Waals surface area contributed by atoms with Crippen molar-refractivity contribution in [3.05, 3.63) is 59.7 Å². The van der Waals surface area contributed by atoms with Gasteiger partial charge in [-0.25, -0.2) is 0 Å². The molecular weight excluding hydrogens is 328 g/mol. The number of rotatable bonds is 7. The molecule has 0 unspecified atom stereocenters. The van der Waals surface area contributed by atoms with Gasteiger partial charge in [0.05, 0.1) is 7.11 Å². The summed E-state index contributed by atoms with van der Waals surface area (Å²) in [6.45, 7) is 5.65. The fourth-order valence-corrected chi connectivity index (χ4v) is 2.48. The van der Waals surface area contributed by atoms with Crippen molar-refractivity contribution in [2.24, 2.45) is 5.41 Å². The first-order chi connectivity index (χ1) is 12.3. The van der Waals surface area contributed by atoms with Crippen molar-refractivity contribution in [1.82, 2.24) is 5.32 Å². The quantitative estimate of drug-likeness (QED) is 0.750. The maximum absolute atomic E-state index is 12.5. The van der Waals surface area contributed by atoms with E-state index in [0.29, 0.717) is 18.7 Å². The highest BCUT2D eigenvalue weighted by Crippen LogP contribution is 2.20. The van der Waals surface area contributed by atoms with Crippen LogP contribution in [0.2, 0.25) is 0 Å². The van der Waals surface area contributed by atoms with Gasteiger partial charge in [-0.2, -0.15) is 0 Å². The molecule has 0 spiro atoms. The second-order valence-electron chi connectivity index (χ2n) is 6.81. The summed E-state index contributed by atoms with van der Waals surface area (Å²) >= 11 is 0. The van der Waals surface area contributed by atoms with Crippen LogP contribution in [0.25, 0.3) is 0 Å². The molecule has 0 aromatic heterocycles. The molecule has 5 nitrogen and oxygen atoms in total. The van der Waals surface area contributed by atoms with Gasteiger partial charge in [-0.3, -0.25) is 9.59 Å². The number of nitrogens with one attached hydrogen (secondary N) is 2. The SMILES string of the molecule is COc1cccc(CCNC(=O)C(C)(C)C(=O)Nc2cccc(C)c2)c1. The van der Waals surface area contributed by atoms with E-state index in [1.807, 2.05) is 55.5 Å². The lowest BCUT2D eigenvalue weighted by Crippen LogP contribution is -2.45. The van der Waals surface area contributed by atoms with Crippen LogP contribution in [0.3, 0.4) is 0 Å². The fraction of sp³-hybridized carbons (Fsp3) is 0.333. The monoisotopic (exact) mass is 354 g/mol. The van der Waals surface area contributed by atoms with Gasteiger partial charge in [-0.15, -0.1) is 0 Å². The van der Waals surface area contributed by atoms with Crippen molar-refractivity contribution in [2.45, 2.75) is 27.2 Å². The lowest BCUT2D eigenvalue weighted by molar-refractivity contribution is -0.138. The van der Waals surface area contributed by atoms with Crippen molar-refractivity contribution < 1.29 is 14.3 Å². The van der Waals surface area contributed by atoms with Crippen molar-refractivity contribution in [2.75, 3.05) is 19.0 Å². The van der Waals surface area contributed by atoms with Crippen LogP contribution in [-0.2, 0) is 16.0 Å². The zero-order valence-electron chi connectivity index (χ0n) is 15.8. The van der Waals surface area contributed by atoms with Gasteiger partial charge in [-0.1, -0.05) is 24.3 Å².